The summed E-state index contributed by atoms with van der Waals surface area (Å²) in [4.78, 5) is 22.5. The van der Waals surface area contributed by atoms with Crippen LogP contribution < -0.4 is 4.74 Å². The molecule has 0 unspecified atom stereocenters. The van der Waals surface area contributed by atoms with E-state index in [0.717, 1.165) is 30.1 Å². The Morgan fingerprint density at radius 2 is 1.86 bits per heavy atom. The van der Waals surface area contributed by atoms with Crippen molar-refractivity contribution in [1.82, 2.24) is 14.8 Å². The number of carbonyl (C=O) groups is 1. The molecule has 2 heterocycles. The highest BCUT2D eigenvalue weighted by atomic mass is 16.5. The number of pyridine rings is 1. The van der Waals surface area contributed by atoms with Crippen molar-refractivity contribution < 1.29 is 14.6 Å². The predicted molar refractivity (Wildman–Crippen MR) is 140 cm³/mol. The van der Waals surface area contributed by atoms with Crippen LogP contribution in [0.4, 0.5) is 0 Å². The fraction of sp³-hybridized carbons (Fsp3) is 0.586. The Kier molecular flexibility index (Phi) is 8.45. The molecule has 1 saturated carbocycles. The molecule has 1 aliphatic heterocycles. The van der Waals surface area contributed by atoms with Crippen molar-refractivity contribution in [3.8, 4) is 17.0 Å². The fourth-order valence-electron chi connectivity index (χ4n) is 5.42. The van der Waals surface area contributed by atoms with Gasteiger partial charge in [0.05, 0.1) is 12.6 Å². The summed E-state index contributed by atoms with van der Waals surface area (Å²) in [6.07, 6.45) is 8.37. The first-order valence-corrected chi connectivity index (χ1v) is 13.2. The Morgan fingerprint density at radius 3 is 2.54 bits per heavy atom. The Hall–Kier alpha value is -2.44. The van der Waals surface area contributed by atoms with Gasteiger partial charge in [0.25, 0.3) is 5.91 Å². The highest BCUT2D eigenvalue weighted by molar-refractivity contribution is 5.98. The Labute approximate surface area is 210 Å². The van der Waals surface area contributed by atoms with Gasteiger partial charge >= 0.3 is 0 Å². The van der Waals surface area contributed by atoms with Gasteiger partial charge in [0.15, 0.2) is 0 Å². The summed E-state index contributed by atoms with van der Waals surface area (Å²) in [7, 11) is 2.18. The minimum atomic E-state index is -0.278. The zero-order chi connectivity index (χ0) is 24.9. The molecule has 1 aliphatic carbocycles. The lowest BCUT2D eigenvalue weighted by Gasteiger charge is -2.38. The van der Waals surface area contributed by atoms with E-state index >= 15 is 0 Å². The SMILES string of the molecule is Cc1ccc(-c2cnc3c(c2)C(=O)N([C@H](C)CO)C[C@@H](C)[C@H](CN(C)CC2CCCCC2)O3)cc1. The van der Waals surface area contributed by atoms with E-state index in [1.54, 1.807) is 11.1 Å². The smallest absolute Gasteiger partial charge is 0.259 e. The van der Waals surface area contributed by atoms with Crippen LogP contribution in [-0.2, 0) is 0 Å². The van der Waals surface area contributed by atoms with Gasteiger partial charge < -0.3 is 19.6 Å². The number of fused-ring (bicyclic) bond motifs is 1. The zero-order valence-electron chi connectivity index (χ0n) is 21.7. The maximum Gasteiger partial charge on any atom is 0.259 e. The second kappa shape index (κ2) is 11.5. The number of carbonyl (C=O) groups excluding carboxylic acids is 1. The predicted octanol–water partition coefficient (Wildman–Crippen LogP) is 4.79. The fourth-order valence-corrected chi connectivity index (χ4v) is 5.42. The van der Waals surface area contributed by atoms with Crippen LogP contribution in [0, 0.1) is 18.8 Å². The van der Waals surface area contributed by atoms with Crippen molar-refractivity contribution in [2.45, 2.75) is 65.0 Å². The molecule has 6 heteroatoms. The molecule has 0 saturated heterocycles. The standard InChI is InChI=1S/C29H41N3O3/c1-20-10-12-24(13-11-20)25-14-26-28(30-15-25)35-27(18-31(4)17-23-8-6-5-7-9-23)21(2)16-32(29(26)34)22(3)19-33/h10-15,21-23,27,33H,5-9,16-19H2,1-4H3/t21-,22-,27+/m1/s1. The number of hydrogen-bond acceptors (Lipinski definition) is 5. The summed E-state index contributed by atoms with van der Waals surface area (Å²) in [6, 6.07) is 9.83. The lowest BCUT2D eigenvalue weighted by molar-refractivity contribution is 0.0314. The molecule has 6 nitrogen and oxygen atoms in total. The molecule has 0 radical (unpaired) electrons. The summed E-state index contributed by atoms with van der Waals surface area (Å²) in [5.41, 5.74) is 3.55. The Bertz CT molecular complexity index is 987. The number of aromatic nitrogens is 1. The van der Waals surface area contributed by atoms with Gasteiger partial charge in [-0.25, -0.2) is 4.98 Å². The van der Waals surface area contributed by atoms with E-state index in [1.165, 1.54) is 37.7 Å². The van der Waals surface area contributed by atoms with Gasteiger partial charge in [0.1, 0.15) is 11.7 Å². The number of aliphatic hydroxyl groups excluding tert-OH is 1. The second-order valence-corrected chi connectivity index (χ2v) is 10.8. The number of aryl methyl sites for hydroxylation is 1. The van der Waals surface area contributed by atoms with Gasteiger partial charge in [-0.05, 0) is 51.3 Å². The normalized spacial score (nSPS) is 22.3. The number of hydrogen-bond donors (Lipinski definition) is 1. The quantitative estimate of drug-likeness (QED) is 0.619. The Balaban J connectivity index is 1.62. The van der Waals surface area contributed by atoms with Crippen LogP contribution in [0.2, 0.25) is 0 Å². The first kappa shape index (κ1) is 25.6. The molecule has 190 valence electrons. The molecule has 1 N–H and O–H groups in total. The third kappa shape index (κ3) is 6.22. The second-order valence-electron chi connectivity index (χ2n) is 10.8. The van der Waals surface area contributed by atoms with Crippen molar-refractivity contribution in [3.63, 3.8) is 0 Å². The van der Waals surface area contributed by atoms with E-state index in [-0.39, 0.29) is 30.6 Å². The van der Waals surface area contributed by atoms with Crippen LogP contribution in [0.1, 0.15) is 61.9 Å². The van der Waals surface area contributed by atoms with Gasteiger partial charge in [-0.15, -0.1) is 0 Å². The van der Waals surface area contributed by atoms with Crippen LogP contribution in [0.15, 0.2) is 36.5 Å². The zero-order valence-corrected chi connectivity index (χ0v) is 21.7. The average molecular weight is 480 g/mol. The first-order valence-electron chi connectivity index (χ1n) is 13.2. The van der Waals surface area contributed by atoms with E-state index in [9.17, 15) is 9.90 Å². The molecule has 2 aromatic rings. The molecular formula is C29H41N3O3. The summed E-state index contributed by atoms with van der Waals surface area (Å²) in [5.74, 6) is 1.12. The third-order valence-corrected chi connectivity index (χ3v) is 7.69. The van der Waals surface area contributed by atoms with Crippen LogP contribution in [0.3, 0.4) is 0 Å². The van der Waals surface area contributed by atoms with Gasteiger partial charge in [0, 0.05) is 37.3 Å². The highest BCUT2D eigenvalue weighted by Gasteiger charge is 2.34. The highest BCUT2D eigenvalue weighted by Crippen LogP contribution is 2.31. The van der Waals surface area contributed by atoms with Crippen molar-refractivity contribution >= 4 is 5.91 Å². The number of ether oxygens (including phenoxy) is 1. The van der Waals surface area contributed by atoms with Crippen LogP contribution in [-0.4, -0.2) is 71.2 Å². The van der Waals surface area contributed by atoms with Crippen molar-refractivity contribution in [3.05, 3.63) is 47.7 Å². The number of benzene rings is 1. The van der Waals surface area contributed by atoms with Gasteiger partial charge in [-0.1, -0.05) is 56.0 Å². The van der Waals surface area contributed by atoms with Crippen LogP contribution in [0.25, 0.3) is 11.1 Å². The van der Waals surface area contributed by atoms with Gasteiger partial charge in [-0.3, -0.25) is 4.79 Å². The lowest BCUT2D eigenvalue weighted by atomic mass is 9.89. The van der Waals surface area contributed by atoms with Crippen LogP contribution >= 0.6 is 0 Å². The van der Waals surface area contributed by atoms with E-state index in [0.29, 0.717) is 18.0 Å². The number of likely N-dealkylation sites (N-methyl/N-ethyl adjacent to an activating group) is 1. The minimum Gasteiger partial charge on any atom is -0.472 e. The molecule has 3 atom stereocenters. The molecule has 4 rings (SSSR count). The molecule has 2 aliphatic rings. The summed E-state index contributed by atoms with van der Waals surface area (Å²) in [5, 5.41) is 9.90. The van der Waals surface area contributed by atoms with E-state index in [4.69, 9.17) is 4.74 Å². The number of nitrogens with zero attached hydrogens (tertiary/aromatic N) is 3. The average Bonchev–Trinajstić information content (AvgIpc) is 2.86. The van der Waals surface area contributed by atoms with E-state index in [2.05, 4.69) is 42.9 Å². The summed E-state index contributed by atoms with van der Waals surface area (Å²) >= 11 is 0. The number of aliphatic hydroxyl groups is 1. The maximum absolute atomic E-state index is 13.6. The monoisotopic (exact) mass is 479 g/mol. The molecular weight excluding hydrogens is 438 g/mol. The third-order valence-electron chi connectivity index (χ3n) is 7.69. The number of rotatable bonds is 7. The number of amides is 1. The van der Waals surface area contributed by atoms with E-state index in [1.807, 2.05) is 25.1 Å². The van der Waals surface area contributed by atoms with Crippen molar-refractivity contribution in [2.24, 2.45) is 11.8 Å². The molecule has 1 aromatic heterocycles. The van der Waals surface area contributed by atoms with Crippen LogP contribution in [0.5, 0.6) is 5.88 Å². The molecule has 35 heavy (non-hydrogen) atoms. The first-order chi connectivity index (χ1) is 16.9. The topological polar surface area (TPSA) is 65.9 Å². The lowest BCUT2D eigenvalue weighted by Crippen LogP contribution is -2.50. The molecule has 0 spiro atoms. The van der Waals surface area contributed by atoms with Gasteiger partial charge in [0.2, 0.25) is 5.88 Å². The maximum atomic E-state index is 13.6. The largest absolute Gasteiger partial charge is 0.472 e. The van der Waals surface area contributed by atoms with Gasteiger partial charge in [-0.2, -0.15) is 0 Å². The minimum absolute atomic E-state index is 0.0774. The molecule has 1 aromatic carbocycles. The van der Waals surface area contributed by atoms with E-state index < -0.39 is 0 Å². The molecule has 1 amide bonds. The van der Waals surface area contributed by atoms with Crippen molar-refractivity contribution in [2.75, 3.05) is 33.3 Å². The van der Waals surface area contributed by atoms with Crippen molar-refractivity contribution in [1.29, 1.82) is 0 Å². The summed E-state index contributed by atoms with van der Waals surface area (Å²) < 4.78 is 6.49. The molecule has 0 bridgehead atoms. The summed E-state index contributed by atoms with van der Waals surface area (Å²) in [6.45, 7) is 8.41. The molecule has 1 fully saturated rings. The Morgan fingerprint density at radius 1 is 1.14 bits per heavy atom.